The molecule has 4 heterocycles. The van der Waals surface area contributed by atoms with E-state index in [0.717, 1.165) is 61.3 Å². The normalized spacial score (nSPS) is 19.2. The van der Waals surface area contributed by atoms with Crippen molar-refractivity contribution in [2.45, 2.75) is 32.2 Å². The van der Waals surface area contributed by atoms with Gasteiger partial charge in [0.2, 0.25) is 5.95 Å². The minimum Gasteiger partial charge on any atom is -0.378 e. The highest BCUT2D eigenvalue weighted by atomic mass is 16.5. The minimum absolute atomic E-state index is 0.0706. The van der Waals surface area contributed by atoms with Crippen LogP contribution in [0.1, 0.15) is 30.5 Å². The topological polar surface area (TPSA) is 73.8 Å². The number of para-hydroxylation sites is 1. The van der Waals surface area contributed by atoms with Crippen LogP contribution in [-0.4, -0.2) is 66.8 Å². The molecule has 5 rings (SSSR count). The Balaban J connectivity index is 1.42. The number of amides is 2. The molecule has 0 atom stereocenters. The number of hydrogen-bond donors (Lipinski definition) is 1. The maximum atomic E-state index is 12.9. The van der Waals surface area contributed by atoms with Crippen molar-refractivity contribution in [2.75, 3.05) is 61.1 Å². The Labute approximate surface area is 183 Å². The van der Waals surface area contributed by atoms with Crippen LogP contribution in [0, 0.1) is 0 Å². The first-order valence-corrected chi connectivity index (χ1v) is 11.4. The van der Waals surface area contributed by atoms with E-state index in [9.17, 15) is 4.79 Å². The molecule has 1 aromatic heterocycles. The number of benzene rings is 1. The lowest BCUT2D eigenvalue weighted by molar-refractivity contribution is 0.122. The van der Waals surface area contributed by atoms with E-state index in [-0.39, 0.29) is 6.03 Å². The van der Waals surface area contributed by atoms with Crippen molar-refractivity contribution in [3.63, 3.8) is 0 Å². The van der Waals surface area contributed by atoms with Gasteiger partial charge in [-0.25, -0.2) is 9.78 Å². The lowest BCUT2D eigenvalue weighted by Gasteiger charge is -2.36. The third-order valence-electron chi connectivity index (χ3n) is 6.29. The Morgan fingerprint density at radius 1 is 0.903 bits per heavy atom. The summed E-state index contributed by atoms with van der Waals surface area (Å²) >= 11 is 0. The quantitative estimate of drug-likeness (QED) is 0.820. The van der Waals surface area contributed by atoms with Crippen molar-refractivity contribution < 1.29 is 9.53 Å². The zero-order valence-electron chi connectivity index (χ0n) is 17.9. The number of carbonyl (C=O) groups excluding carboxylic acids is 1. The number of anilines is 3. The Kier molecular flexibility index (Phi) is 5.88. The third-order valence-corrected chi connectivity index (χ3v) is 6.29. The molecule has 0 aliphatic carbocycles. The molecule has 8 heteroatoms. The highest BCUT2D eigenvalue weighted by molar-refractivity contribution is 5.89. The number of ether oxygens (including phenoxy) is 1. The van der Waals surface area contributed by atoms with E-state index in [0.29, 0.717) is 26.3 Å². The first-order valence-electron chi connectivity index (χ1n) is 11.4. The van der Waals surface area contributed by atoms with Crippen molar-refractivity contribution >= 4 is 23.5 Å². The average molecular weight is 423 g/mol. The molecule has 0 bridgehead atoms. The monoisotopic (exact) mass is 422 g/mol. The molecular formula is C23H30N6O2. The maximum absolute atomic E-state index is 12.9. The van der Waals surface area contributed by atoms with Crippen molar-refractivity contribution in [3.8, 4) is 0 Å². The molecule has 2 saturated heterocycles. The molecule has 31 heavy (non-hydrogen) atoms. The minimum atomic E-state index is -0.0706. The second-order valence-electron chi connectivity index (χ2n) is 8.39. The number of piperidine rings is 1. The smallest absolute Gasteiger partial charge is 0.322 e. The molecule has 1 N–H and O–H groups in total. The summed E-state index contributed by atoms with van der Waals surface area (Å²) in [5.74, 6) is 1.83. The number of urea groups is 1. The van der Waals surface area contributed by atoms with E-state index in [4.69, 9.17) is 14.7 Å². The van der Waals surface area contributed by atoms with Crippen molar-refractivity contribution in [3.05, 3.63) is 41.6 Å². The van der Waals surface area contributed by atoms with Gasteiger partial charge in [0.05, 0.1) is 25.5 Å². The summed E-state index contributed by atoms with van der Waals surface area (Å²) in [6, 6.07) is 9.55. The number of morpholine rings is 1. The van der Waals surface area contributed by atoms with E-state index in [1.165, 1.54) is 19.3 Å². The SMILES string of the molecule is O=C(Nc1ccccc1)N1CCc2nc(N3CCOCC3)nc(N3CCCCC3)c2C1. The Morgan fingerprint density at radius 3 is 2.45 bits per heavy atom. The molecule has 0 saturated carbocycles. The molecule has 8 nitrogen and oxygen atoms in total. The number of carbonyl (C=O) groups is 1. The van der Waals surface area contributed by atoms with Gasteiger partial charge < -0.3 is 24.8 Å². The van der Waals surface area contributed by atoms with Crippen LogP contribution in [0.2, 0.25) is 0 Å². The van der Waals surface area contributed by atoms with Crippen LogP contribution >= 0.6 is 0 Å². The Hall–Kier alpha value is -2.87. The zero-order valence-corrected chi connectivity index (χ0v) is 17.9. The summed E-state index contributed by atoms with van der Waals surface area (Å²) in [6.07, 6.45) is 4.39. The van der Waals surface area contributed by atoms with E-state index < -0.39 is 0 Å². The second kappa shape index (κ2) is 9.09. The third kappa shape index (κ3) is 4.44. The summed E-state index contributed by atoms with van der Waals surface area (Å²) in [4.78, 5) is 29.4. The Bertz CT molecular complexity index is 910. The fraction of sp³-hybridized carbons (Fsp3) is 0.522. The highest BCUT2D eigenvalue weighted by Crippen LogP contribution is 2.31. The van der Waals surface area contributed by atoms with Crippen LogP contribution in [0.4, 0.5) is 22.2 Å². The largest absolute Gasteiger partial charge is 0.378 e. The average Bonchev–Trinajstić information content (AvgIpc) is 2.84. The predicted molar refractivity (Wildman–Crippen MR) is 121 cm³/mol. The molecule has 2 fully saturated rings. The fourth-order valence-electron chi connectivity index (χ4n) is 4.55. The van der Waals surface area contributed by atoms with Crippen molar-refractivity contribution in [1.82, 2.24) is 14.9 Å². The van der Waals surface area contributed by atoms with Crippen LogP contribution in [0.15, 0.2) is 30.3 Å². The van der Waals surface area contributed by atoms with Crippen molar-refractivity contribution in [2.24, 2.45) is 0 Å². The molecule has 164 valence electrons. The lowest BCUT2D eigenvalue weighted by Crippen LogP contribution is -2.42. The van der Waals surface area contributed by atoms with Gasteiger partial charge >= 0.3 is 6.03 Å². The van der Waals surface area contributed by atoms with Gasteiger partial charge in [0, 0.05) is 50.4 Å². The number of rotatable bonds is 3. The summed E-state index contributed by atoms with van der Waals surface area (Å²) in [6.45, 7) is 6.31. The van der Waals surface area contributed by atoms with Crippen LogP contribution in [-0.2, 0) is 17.7 Å². The first-order chi connectivity index (χ1) is 15.3. The molecule has 3 aliphatic rings. The Morgan fingerprint density at radius 2 is 1.68 bits per heavy atom. The van der Waals surface area contributed by atoms with E-state index in [1.54, 1.807) is 0 Å². The number of fused-ring (bicyclic) bond motifs is 1. The molecule has 2 amide bonds. The number of aromatic nitrogens is 2. The van der Waals surface area contributed by atoms with Gasteiger partial charge in [0.15, 0.2) is 0 Å². The van der Waals surface area contributed by atoms with E-state index in [2.05, 4.69) is 15.1 Å². The van der Waals surface area contributed by atoms with Gasteiger partial charge in [-0.05, 0) is 31.4 Å². The number of nitrogens with one attached hydrogen (secondary N) is 1. The van der Waals surface area contributed by atoms with E-state index in [1.807, 2.05) is 35.2 Å². The maximum Gasteiger partial charge on any atom is 0.322 e. The highest BCUT2D eigenvalue weighted by Gasteiger charge is 2.29. The summed E-state index contributed by atoms with van der Waals surface area (Å²) in [7, 11) is 0. The van der Waals surface area contributed by atoms with Crippen molar-refractivity contribution in [1.29, 1.82) is 0 Å². The van der Waals surface area contributed by atoms with Gasteiger partial charge in [-0.15, -0.1) is 0 Å². The van der Waals surface area contributed by atoms with Crippen LogP contribution in [0.3, 0.4) is 0 Å². The molecule has 1 aromatic carbocycles. The predicted octanol–water partition coefficient (Wildman–Crippen LogP) is 2.89. The standard InChI is InChI=1S/C23H30N6O2/c30-23(24-18-7-3-1-4-8-18)29-12-9-20-19(17-29)21(27-10-5-2-6-11-27)26-22(25-20)28-13-15-31-16-14-28/h1,3-4,7-8H,2,5-6,9-17H2,(H,24,30). The van der Waals surface area contributed by atoms with Gasteiger partial charge in [-0.3, -0.25) is 0 Å². The summed E-state index contributed by atoms with van der Waals surface area (Å²) in [5, 5.41) is 3.01. The molecule has 3 aliphatic heterocycles. The van der Waals surface area contributed by atoms with E-state index >= 15 is 0 Å². The number of nitrogens with zero attached hydrogens (tertiary/aromatic N) is 5. The fourth-order valence-corrected chi connectivity index (χ4v) is 4.55. The number of hydrogen-bond acceptors (Lipinski definition) is 6. The molecule has 0 radical (unpaired) electrons. The van der Waals surface area contributed by atoms with Crippen LogP contribution < -0.4 is 15.1 Å². The van der Waals surface area contributed by atoms with Crippen LogP contribution in [0.25, 0.3) is 0 Å². The molecule has 0 spiro atoms. The summed E-state index contributed by atoms with van der Waals surface area (Å²) in [5.41, 5.74) is 3.00. The molecule has 2 aromatic rings. The molecule has 0 unspecified atom stereocenters. The first kappa shape index (κ1) is 20.1. The van der Waals surface area contributed by atoms with Gasteiger partial charge in [0.25, 0.3) is 0 Å². The molecular weight excluding hydrogens is 392 g/mol. The lowest BCUT2D eigenvalue weighted by atomic mass is 10.0. The van der Waals surface area contributed by atoms with Crippen LogP contribution in [0.5, 0.6) is 0 Å². The second-order valence-corrected chi connectivity index (χ2v) is 8.39. The van der Waals surface area contributed by atoms with Gasteiger partial charge in [-0.1, -0.05) is 18.2 Å². The van der Waals surface area contributed by atoms with Gasteiger partial charge in [0.1, 0.15) is 5.82 Å². The zero-order chi connectivity index (χ0) is 21.0. The summed E-state index contributed by atoms with van der Waals surface area (Å²) < 4.78 is 5.51. The van der Waals surface area contributed by atoms with Gasteiger partial charge in [-0.2, -0.15) is 4.98 Å².